The van der Waals surface area contributed by atoms with Gasteiger partial charge in [-0.3, -0.25) is 9.52 Å². The highest BCUT2D eigenvalue weighted by molar-refractivity contribution is 7.92. The molecule has 1 atom stereocenters. The average molecular weight is 469 g/mol. The lowest BCUT2D eigenvalue weighted by Gasteiger charge is -2.17. The van der Waals surface area contributed by atoms with E-state index in [1.807, 2.05) is 18.2 Å². The molecule has 0 saturated carbocycles. The van der Waals surface area contributed by atoms with Crippen LogP contribution in [-0.2, 0) is 10.0 Å². The molecule has 33 heavy (non-hydrogen) atoms. The van der Waals surface area contributed by atoms with Crippen molar-refractivity contribution in [2.75, 3.05) is 24.3 Å². The Morgan fingerprint density at radius 2 is 1.48 bits per heavy atom. The van der Waals surface area contributed by atoms with Crippen LogP contribution in [-0.4, -0.2) is 28.5 Å². The van der Waals surface area contributed by atoms with Crippen LogP contribution in [0.3, 0.4) is 0 Å². The van der Waals surface area contributed by atoms with Gasteiger partial charge in [0.1, 0.15) is 11.5 Å². The topological polar surface area (TPSA) is 93.7 Å². The quantitative estimate of drug-likeness (QED) is 0.446. The van der Waals surface area contributed by atoms with Gasteiger partial charge in [-0.25, -0.2) is 8.42 Å². The van der Waals surface area contributed by atoms with E-state index in [1.165, 1.54) is 26.4 Å². The number of ether oxygens (including phenoxy) is 2. The molecular weight excluding hydrogens is 440 g/mol. The summed E-state index contributed by atoms with van der Waals surface area (Å²) in [5.41, 5.74) is 2.10. The summed E-state index contributed by atoms with van der Waals surface area (Å²) in [6.45, 7) is 4.18. The largest absolute Gasteiger partial charge is 0.494 e. The van der Waals surface area contributed by atoms with Crippen molar-refractivity contribution in [2.24, 2.45) is 0 Å². The third-order valence-corrected chi connectivity index (χ3v) is 6.80. The summed E-state index contributed by atoms with van der Waals surface area (Å²) >= 11 is 0. The maximum Gasteiger partial charge on any atom is 0.262 e. The molecule has 0 fully saturated rings. The number of methoxy groups -OCH3 is 2. The van der Waals surface area contributed by atoms with Gasteiger partial charge in [0, 0.05) is 17.7 Å². The molecule has 1 amide bonds. The first-order chi connectivity index (χ1) is 15.8. The van der Waals surface area contributed by atoms with Crippen molar-refractivity contribution in [3.63, 3.8) is 0 Å². The monoisotopic (exact) mass is 468 g/mol. The van der Waals surface area contributed by atoms with E-state index < -0.39 is 10.0 Å². The number of nitrogens with one attached hydrogen (secondary N) is 2. The Bertz CT molecular complexity index is 1210. The van der Waals surface area contributed by atoms with Gasteiger partial charge in [0.2, 0.25) is 0 Å². The number of amides is 1. The lowest BCUT2D eigenvalue weighted by molar-refractivity contribution is 0.102. The SMILES string of the molecule is CCC(C)c1ccc(S(=O)(=O)Nc2cc(OC)c(NC(=O)c3ccccc3)cc2OC)cc1. The van der Waals surface area contributed by atoms with Crippen molar-refractivity contribution in [3.05, 3.63) is 77.9 Å². The minimum Gasteiger partial charge on any atom is -0.494 e. The molecule has 0 aliphatic carbocycles. The highest BCUT2D eigenvalue weighted by atomic mass is 32.2. The summed E-state index contributed by atoms with van der Waals surface area (Å²) in [7, 11) is -1.02. The van der Waals surface area contributed by atoms with Crippen molar-refractivity contribution in [1.82, 2.24) is 0 Å². The molecule has 0 saturated heterocycles. The van der Waals surface area contributed by atoms with Gasteiger partial charge < -0.3 is 14.8 Å². The molecule has 7 nitrogen and oxygen atoms in total. The summed E-state index contributed by atoms with van der Waals surface area (Å²) in [5.74, 6) is 0.534. The van der Waals surface area contributed by atoms with Gasteiger partial charge >= 0.3 is 0 Å². The van der Waals surface area contributed by atoms with Gasteiger partial charge in [-0.2, -0.15) is 0 Å². The highest BCUT2D eigenvalue weighted by Gasteiger charge is 2.20. The van der Waals surface area contributed by atoms with Crippen molar-refractivity contribution in [1.29, 1.82) is 0 Å². The molecule has 3 rings (SSSR count). The number of carbonyl (C=O) groups excluding carboxylic acids is 1. The number of benzene rings is 3. The summed E-state index contributed by atoms with van der Waals surface area (Å²) < 4.78 is 39.3. The molecule has 0 spiro atoms. The standard InChI is InChI=1S/C25H28N2O5S/c1-5-17(2)18-11-13-20(14-12-18)33(29,30)27-22-16-23(31-3)21(15-24(22)32-4)26-25(28)19-9-7-6-8-10-19/h6-17,27H,5H2,1-4H3,(H,26,28). The van der Waals surface area contributed by atoms with Crippen LogP contribution in [0.5, 0.6) is 11.5 Å². The second-order valence-electron chi connectivity index (χ2n) is 7.56. The predicted molar refractivity (Wildman–Crippen MR) is 130 cm³/mol. The van der Waals surface area contributed by atoms with Crippen molar-refractivity contribution in [2.45, 2.75) is 31.1 Å². The average Bonchev–Trinajstić information content (AvgIpc) is 2.84. The molecule has 3 aromatic rings. The Morgan fingerprint density at radius 1 is 0.909 bits per heavy atom. The fourth-order valence-electron chi connectivity index (χ4n) is 3.27. The first-order valence-corrected chi connectivity index (χ1v) is 12.0. The third-order valence-electron chi connectivity index (χ3n) is 5.42. The fraction of sp³-hybridized carbons (Fsp3) is 0.240. The molecule has 0 aromatic heterocycles. The minimum absolute atomic E-state index is 0.136. The van der Waals surface area contributed by atoms with Crippen LogP contribution in [0.2, 0.25) is 0 Å². The minimum atomic E-state index is -3.87. The zero-order chi connectivity index (χ0) is 24.0. The summed E-state index contributed by atoms with van der Waals surface area (Å²) in [4.78, 5) is 12.7. The molecule has 0 aliphatic heterocycles. The normalized spacial score (nSPS) is 12.0. The Morgan fingerprint density at radius 3 is 2.06 bits per heavy atom. The van der Waals surface area contributed by atoms with E-state index >= 15 is 0 Å². The van der Waals surface area contributed by atoms with Crippen molar-refractivity contribution in [3.8, 4) is 11.5 Å². The second kappa shape index (κ2) is 10.4. The predicted octanol–water partition coefficient (Wildman–Crippen LogP) is 5.27. The van der Waals surface area contributed by atoms with Crippen LogP contribution in [0.25, 0.3) is 0 Å². The van der Waals surface area contributed by atoms with Crippen LogP contribution in [0.1, 0.15) is 42.1 Å². The Labute approximate surface area is 194 Å². The summed E-state index contributed by atoms with van der Waals surface area (Å²) in [6, 6.07) is 18.5. The van der Waals surface area contributed by atoms with Gasteiger partial charge in [0.25, 0.3) is 15.9 Å². The number of hydrogen-bond donors (Lipinski definition) is 2. The van der Waals surface area contributed by atoms with Crippen LogP contribution in [0, 0.1) is 0 Å². The summed E-state index contributed by atoms with van der Waals surface area (Å²) in [6.07, 6.45) is 0.967. The Kier molecular flexibility index (Phi) is 7.60. The van der Waals surface area contributed by atoms with E-state index in [9.17, 15) is 13.2 Å². The molecule has 0 heterocycles. The molecular formula is C25H28N2O5S. The number of sulfonamides is 1. The van der Waals surface area contributed by atoms with Crippen LogP contribution in [0.15, 0.2) is 71.6 Å². The maximum absolute atomic E-state index is 13.0. The molecule has 0 bridgehead atoms. The second-order valence-corrected chi connectivity index (χ2v) is 9.24. The molecule has 174 valence electrons. The molecule has 0 radical (unpaired) electrons. The van der Waals surface area contributed by atoms with Crippen LogP contribution in [0.4, 0.5) is 11.4 Å². The Balaban J connectivity index is 1.89. The zero-order valence-corrected chi connectivity index (χ0v) is 19.9. The summed E-state index contributed by atoms with van der Waals surface area (Å²) in [5, 5.41) is 2.78. The lowest BCUT2D eigenvalue weighted by atomic mass is 9.99. The van der Waals surface area contributed by atoms with Crippen molar-refractivity contribution < 1.29 is 22.7 Å². The maximum atomic E-state index is 13.0. The molecule has 0 aliphatic rings. The number of hydrogen-bond acceptors (Lipinski definition) is 5. The zero-order valence-electron chi connectivity index (χ0n) is 19.1. The van der Waals surface area contributed by atoms with E-state index in [2.05, 4.69) is 23.9 Å². The Hall–Kier alpha value is -3.52. The van der Waals surface area contributed by atoms with E-state index in [1.54, 1.807) is 36.4 Å². The first kappa shape index (κ1) is 24.1. The van der Waals surface area contributed by atoms with Gasteiger partial charge in [0.05, 0.1) is 30.5 Å². The van der Waals surface area contributed by atoms with E-state index in [-0.39, 0.29) is 28.0 Å². The number of carbonyl (C=O) groups is 1. The van der Waals surface area contributed by atoms with Crippen LogP contribution >= 0.6 is 0 Å². The van der Waals surface area contributed by atoms with Gasteiger partial charge in [-0.15, -0.1) is 0 Å². The molecule has 2 N–H and O–H groups in total. The van der Waals surface area contributed by atoms with Gasteiger partial charge in [-0.1, -0.05) is 44.2 Å². The van der Waals surface area contributed by atoms with Crippen LogP contribution < -0.4 is 19.5 Å². The number of anilines is 2. The third kappa shape index (κ3) is 5.64. The van der Waals surface area contributed by atoms with Gasteiger partial charge in [-0.05, 0) is 42.2 Å². The van der Waals surface area contributed by atoms with Gasteiger partial charge in [0.15, 0.2) is 0 Å². The smallest absolute Gasteiger partial charge is 0.262 e. The van der Waals surface area contributed by atoms with E-state index in [0.29, 0.717) is 17.2 Å². The first-order valence-electron chi connectivity index (χ1n) is 10.5. The van der Waals surface area contributed by atoms with Crippen molar-refractivity contribution >= 4 is 27.3 Å². The lowest BCUT2D eigenvalue weighted by Crippen LogP contribution is -2.15. The van der Waals surface area contributed by atoms with E-state index in [4.69, 9.17) is 9.47 Å². The molecule has 3 aromatic carbocycles. The number of rotatable bonds is 9. The molecule has 1 unspecified atom stereocenters. The fourth-order valence-corrected chi connectivity index (χ4v) is 4.34. The van der Waals surface area contributed by atoms with E-state index in [0.717, 1.165) is 12.0 Å². The highest BCUT2D eigenvalue weighted by Crippen LogP contribution is 2.37. The molecule has 8 heteroatoms.